The van der Waals surface area contributed by atoms with E-state index in [0.29, 0.717) is 11.3 Å². The maximum atomic E-state index is 14.8. The molecule has 0 radical (unpaired) electrons. The van der Waals surface area contributed by atoms with Gasteiger partial charge in [0.1, 0.15) is 11.9 Å². The predicted octanol–water partition coefficient (Wildman–Crippen LogP) is 3.95. The van der Waals surface area contributed by atoms with Gasteiger partial charge in [0.2, 0.25) is 5.91 Å². The Kier molecular flexibility index (Phi) is 7.59. The first-order chi connectivity index (χ1) is 14.5. The van der Waals surface area contributed by atoms with Gasteiger partial charge in [-0.3, -0.25) is 9.69 Å². The second-order valence-electron chi connectivity index (χ2n) is 6.91. The van der Waals surface area contributed by atoms with E-state index < -0.39 is 18.0 Å². The van der Waals surface area contributed by atoms with Gasteiger partial charge in [-0.1, -0.05) is 46.3 Å². The number of ether oxygens (including phenoxy) is 1. The van der Waals surface area contributed by atoms with Gasteiger partial charge in [0, 0.05) is 25.6 Å². The Bertz CT molecular complexity index is 934. The molecule has 0 bridgehead atoms. The van der Waals surface area contributed by atoms with E-state index in [1.54, 1.807) is 17.1 Å². The molecule has 30 heavy (non-hydrogen) atoms. The minimum atomic E-state index is -0.552. The molecular formula is C22H23BrFN3O3. The number of rotatable bonds is 8. The average molecular weight is 476 g/mol. The number of carbonyl (C=O) groups excluding carboxylic acids is 2. The molecule has 1 saturated heterocycles. The molecule has 1 atom stereocenters. The molecule has 0 aliphatic carbocycles. The van der Waals surface area contributed by atoms with Gasteiger partial charge >= 0.3 is 6.09 Å². The van der Waals surface area contributed by atoms with Crippen molar-refractivity contribution >= 4 is 33.6 Å². The number of carbonyl (C=O) groups is 2. The Labute approximate surface area is 183 Å². The molecule has 3 rings (SSSR count). The average Bonchev–Trinajstić information content (AvgIpc) is 3.11. The van der Waals surface area contributed by atoms with Crippen LogP contribution in [0.15, 0.2) is 53.5 Å². The molecule has 6 nitrogen and oxygen atoms in total. The minimum absolute atomic E-state index is 0.197. The summed E-state index contributed by atoms with van der Waals surface area (Å²) in [4.78, 5) is 26.3. The van der Waals surface area contributed by atoms with Gasteiger partial charge in [-0.05, 0) is 34.3 Å². The highest BCUT2D eigenvalue weighted by atomic mass is 79.9. The lowest BCUT2D eigenvalue weighted by Gasteiger charge is -2.15. The van der Waals surface area contributed by atoms with E-state index in [1.807, 2.05) is 30.3 Å². The maximum absolute atomic E-state index is 14.8. The molecule has 2 aromatic rings. The SMILES string of the molecule is CC(=O)NC[C@H]1CN(c2ccc(-c3ccc(CNCC=CBr)cc3)c(F)c2)C(=O)O1. The lowest BCUT2D eigenvalue weighted by molar-refractivity contribution is -0.119. The van der Waals surface area contributed by atoms with Crippen LogP contribution < -0.4 is 15.5 Å². The number of nitrogens with zero attached hydrogens (tertiary/aromatic N) is 1. The summed E-state index contributed by atoms with van der Waals surface area (Å²) in [5, 5.41) is 5.89. The van der Waals surface area contributed by atoms with Crippen LogP contribution in [0.4, 0.5) is 14.9 Å². The van der Waals surface area contributed by atoms with Crippen LogP contribution in [0.1, 0.15) is 12.5 Å². The Balaban J connectivity index is 1.66. The fourth-order valence-corrected chi connectivity index (χ4v) is 3.34. The molecular weight excluding hydrogens is 453 g/mol. The van der Waals surface area contributed by atoms with Crippen molar-refractivity contribution < 1.29 is 18.7 Å². The van der Waals surface area contributed by atoms with Gasteiger partial charge in [0.25, 0.3) is 0 Å². The standard InChI is InChI=1S/C22H23BrFN3O3/c1-15(28)26-13-19-14-27(22(29)30-19)18-7-8-20(21(24)11-18)17-5-3-16(4-6-17)12-25-10-2-9-23/h2-9,11,19,25H,10,12-14H2,1H3,(H,26,28)/t19-/m0/s1. The second kappa shape index (κ2) is 10.4. The van der Waals surface area contributed by atoms with Crippen LogP contribution in [0, 0.1) is 5.82 Å². The van der Waals surface area contributed by atoms with E-state index in [0.717, 1.165) is 24.2 Å². The monoisotopic (exact) mass is 475 g/mol. The summed E-state index contributed by atoms with van der Waals surface area (Å²) in [7, 11) is 0. The molecule has 0 aromatic heterocycles. The van der Waals surface area contributed by atoms with E-state index in [2.05, 4.69) is 26.6 Å². The van der Waals surface area contributed by atoms with Crippen LogP contribution >= 0.6 is 15.9 Å². The lowest BCUT2D eigenvalue weighted by atomic mass is 10.0. The van der Waals surface area contributed by atoms with Crippen molar-refractivity contribution in [1.29, 1.82) is 0 Å². The number of hydrogen-bond donors (Lipinski definition) is 2. The van der Waals surface area contributed by atoms with Gasteiger partial charge in [0.15, 0.2) is 0 Å². The summed E-state index contributed by atoms with van der Waals surface area (Å²) in [5.41, 5.74) is 2.74. The predicted molar refractivity (Wildman–Crippen MR) is 118 cm³/mol. The molecule has 0 saturated carbocycles. The number of cyclic esters (lactones) is 1. The van der Waals surface area contributed by atoms with E-state index in [9.17, 15) is 14.0 Å². The zero-order valence-corrected chi connectivity index (χ0v) is 18.1. The fraction of sp³-hybridized carbons (Fsp3) is 0.273. The topological polar surface area (TPSA) is 70.7 Å². The second-order valence-corrected chi connectivity index (χ2v) is 7.44. The Morgan fingerprint density at radius 2 is 2.07 bits per heavy atom. The number of halogens is 2. The van der Waals surface area contributed by atoms with E-state index in [4.69, 9.17) is 4.74 Å². The molecule has 158 valence electrons. The number of anilines is 1. The van der Waals surface area contributed by atoms with Crippen LogP contribution in [-0.4, -0.2) is 37.7 Å². The molecule has 1 fully saturated rings. The van der Waals surface area contributed by atoms with Crippen LogP contribution in [0.2, 0.25) is 0 Å². The zero-order valence-electron chi connectivity index (χ0n) is 16.5. The summed E-state index contributed by atoms with van der Waals surface area (Å²) >= 11 is 3.22. The van der Waals surface area contributed by atoms with Crippen LogP contribution in [0.5, 0.6) is 0 Å². The van der Waals surface area contributed by atoms with Crippen LogP contribution in [0.25, 0.3) is 11.1 Å². The molecule has 0 unspecified atom stereocenters. The molecule has 2 amide bonds. The van der Waals surface area contributed by atoms with E-state index >= 15 is 0 Å². The zero-order chi connectivity index (χ0) is 21.5. The van der Waals surface area contributed by atoms with Crippen molar-refractivity contribution in [2.24, 2.45) is 0 Å². The van der Waals surface area contributed by atoms with Crippen molar-refractivity contribution in [1.82, 2.24) is 10.6 Å². The summed E-state index contributed by atoms with van der Waals surface area (Å²) < 4.78 is 20.0. The summed E-state index contributed by atoms with van der Waals surface area (Å²) in [5.74, 6) is -0.614. The van der Waals surface area contributed by atoms with Gasteiger partial charge < -0.3 is 15.4 Å². The fourth-order valence-electron chi connectivity index (χ4n) is 3.15. The van der Waals surface area contributed by atoms with Gasteiger partial charge in [-0.25, -0.2) is 9.18 Å². The van der Waals surface area contributed by atoms with Gasteiger partial charge in [0.05, 0.1) is 18.8 Å². The van der Waals surface area contributed by atoms with Crippen molar-refractivity contribution in [3.8, 4) is 11.1 Å². The molecule has 8 heteroatoms. The van der Waals surface area contributed by atoms with Gasteiger partial charge in [-0.2, -0.15) is 0 Å². The third-order valence-corrected chi connectivity index (χ3v) is 5.04. The third-order valence-electron chi connectivity index (χ3n) is 4.66. The van der Waals surface area contributed by atoms with Crippen molar-refractivity contribution in [2.45, 2.75) is 19.6 Å². The largest absolute Gasteiger partial charge is 0.442 e. The Morgan fingerprint density at radius 3 is 2.73 bits per heavy atom. The van der Waals surface area contributed by atoms with E-state index in [1.165, 1.54) is 17.9 Å². The first kappa shape index (κ1) is 22.0. The molecule has 1 aliphatic rings. The lowest BCUT2D eigenvalue weighted by Crippen LogP contribution is -2.33. The normalized spacial score (nSPS) is 16.2. The Morgan fingerprint density at radius 1 is 1.30 bits per heavy atom. The van der Waals surface area contributed by atoms with Crippen molar-refractivity contribution in [2.75, 3.05) is 24.5 Å². The number of benzene rings is 2. The summed E-state index contributed by atoms with van der Waals surface area (Å²) in [6, 6.07) is 12.4. The molecule has 2 N–H and O–H groups in total. The molecule has 1 aliphatic heterocycles. The molecule has 2 aromatic carbocycles. The molecule has 1 heterocycles. The number of nitrogens with one attached hydrogen (secondary N) is 2. The van der Waals surface area contributed by atoms with Crippen molar-refractivity contribution in [3.05, 3.63) is 64.9 Å². The number of hydrogen-bond acceptors (Lipinski definition) is 4. The highest BCUT2D eigenvalue weighted by molar-refractivity contribution is 9.11. The number of amides is 2. The van der Waals surface area contributed by atoms with Gasteiger partial charge in [-0.15, -0.1) is 0 Å². The highest BCUT2D eigenvalue weighted by Gasteiger charge is 2.32. The third kappa shape index (κ3) is 5.67. The molecule has 0 spiro atoms. The summed E-state index contributed by atoms with van der Waals surface area (Å²) in [6.07, 6.45) is 0.947. The first-order valence-corrected chi connectivity index (χ1v) is 10.5. The quantitative estimate of drug-likeness (QED) is 0.567. The van der Waals surface area contributed by atoms with E-state index in [-0.39, 0.29) is 19.0 Å². The maximum Gasteiger partial charge on any atom is 0.414 e. The van der Waals surface area contributed by atoms with Crippen LogP contribution in [0.3, 0.4) is 0 Å². The minimum Gasteiger partial charge on any atom is -0.442 e. The smallest absolute Gasteiger partial charge is 0.414 e. The first-order valence-electron chi connectivity index (χ1n) is 9.55. The summed E-state index contributed by atoms with van der Waals surface area (Å²) in [6.45, 7) is 3.35. The Hall–Kier alpha value is -2.71. The van der Waals surface area contributed by atoms with Crippen LogP contribution in [-0.2, 0) is 16.1 Å². The van der Waals surface area contributed by atoms with Crippen molar-refractivity contribution in [3.63, 3.8) is 0 Å². The highest BCUT2D eigenvalue weighted by Crippen LogP contribution is 2.29.